The first-order valence-corrected chi connectivity index (χ1v) is 8.33. The van der Waals surface area contributed by atoms with Gasteiger partial charge in [-0.3, -0.25) is 9.69 Å². The van der Waals surface area contributed by atoms with Crippen LogP contribution in [-0.2, 0) is 23.7 Å². The summed E-state index contributed by atoms with van der Waals surface area (Å²) in [5, 5.41) is -0.152. The van der Waals surface area contributed by atoms with Gasteiger partial charge in [0.1, 0.15) is 6.54 Å². The Morgan fingerprint density at radius 1 is 0.893 bits per heavy atom. The van der Waals surface area contributed by atoms with Crippen LogP contribution in [0.5, 0.6) is 0 Å². The lowest BCUT2D eigenvalue weighted by Gasteiger charge is -2.22. The zero-order valence-corrected chi connectivity index (χ0v) is 14.8. The summed E-state index contributed by atoms with van der Waals surface area (Å²) in [4.78, 5) is 14.5. The lowest BCUT2D eigenvalue weighted by Crippen LogP contribution is -2.33. The van der Waals surface area contributed by atoms with E-state index in [4.69, 9.17) is 12.2 Å². The number of rotatable bonds is 3. The smallest absolute Gasteiger partial charge is 0.335 e. The molecule has 1 aliphatic heterocycles. The van der Waals surface area contributed by atoms with Gasteiger partial charge in [-0.2, -0.15) is 26.3 Å². The van der Waals surface area contributed by atoms with Gasteiger partial charge in [-0.05, 0) is 36.0 Å². The molecule has 0 unspecified atom stereocenters. The van der Waals surface area contributed by atoms with Gasteiger partial charge in [0.05, 0.1) is 16.8 Å². The molecule has 1 heterocycles. The molecule has 0 bridgehead atoms. The Kier molecular flexibility index (Phi) is 5.09. The van der Waals surface area contributed by atoms with Gasteiger partial charge in [0.15, 0.2) is 5.11 Å². The molecule has 2 aromatic carbocycles. The van der Waals surface area contributed by atoms with E-state index < -0.39 is 35.1 Å². The standard InChI is InChI=1S/C18H12F6N2OS/c19-17(20,21)12-6-13(18(22,23)24)8-14(7-12)26-15(27)10-25(16(26)28)9-11-4-2-1-3-5-11/h1-8H,9-10H2. The Morgan fingerprint density at radius 2 is 1.43 bits per heavy atom. The minimum atomic E-state index is -5.01. The van der Waals surface area contributed by atoms with Crippen LogP contribution in [0.4, 0.5) is 32.0 Å². The molecule has 2 aromatic rings. The SMILES string of the molecule is O=C1CN(Cc2ccccc2)C(=S)N1c1cc(C(F)(F)F)cc(C(F)(F)F)c1. The molecule has 1 fully saturated rings. The van der Waals surface area contributed by atoms with Crippen molar-refractivity contribution in [2.24, 2.45) is 0 Å². The zero-order chi connectivity index (χ0) is 20.7. The number of thiocarbonyl (C=S) groups is 1. The third-order valence-electron chi connectivity index (χ3n) is 4.08. The van der Waals surface area contributed by atoms with Gasteiger partial charge in [0.25, 0.3) is 5.91 Å². The second kappa shape index (κ2) is 7.08. The van der Waals surface area contributed by atoms with Crippen molar-refractivity contribution in [1.82, 2.24) is 4.90 Å². The summed E-state index contributed by atoms with van der Waals surface area (Å²) >= 11 is 5.16. The minimum absolute atomic E-state index is 0.00876. The number of benzene rings is 2. The molecule has 0 atom stereocenters. The van der Waals surface area contributed by atoms with E-state index in [1.807, 2.05) is 0 Å². The van der Waals surface area contributed by atoms with E-state index in [2.05, 4.69) is 0 Å². The molecule has 0 radical (unpaired) electrons. The van der Waals surface area contributed by atoms with E-state index in [9.17, 15) is 31.1 Å². The molecule has 3 rings (SSSR count). The van der Waals surface area contributed by atoms with Gasteiger partial charge in [0, 0.05) is 6.54 Å². The summed E-state index contributed by atoms with van der Waals surface area (Å²) in [5.41, 5.74) is -2.78. The van der Waals surface area contributed by atoms with Crippen LogP contribution in [0.2, 0.25) is 0 Å². The lowest BCUT2D eigenvalue weighted by molar-refractivity contribution is -0.143. The minimum Gasteiger partial charge on any atom is -0.335 e. The number of alkyl halides is 6. The highest BCUT2D eigenvalue weighted by atomic mass is 32.1. The second-order valence-electron chi connectivity index (χ2n) is 6.12. The Labute approximate surface area is 161 Å². The average Bonchev–Trinajstić information content (AvgIpc) is 2.87. The fourth-order valence-corrected chi connectivity index (χ4v) is 3.14. The highest BCUT2D eigenvalue weighted by Gasteiger charge is 2.40. The third-order valence-corrected chi connectivity index (χ3v) is 4.52. The number of halogens is 6. The van der Waals surface area contributed by atoms with Gasteiger partial charge in [0.2, 0.25) is 0 Å². The van der Waals surface area contributed by atoms with Gasteiger partial charge >= 0.3 is 12.4 Å². The number of amides is 1. The third kappa shape index (κ3) is 4.11. The van der Waals surface area contributed by atoms with Crippen LogP contribution in [-0.4, -0.2) is 22.5 Å². The summed E-state index contributed by atoms with van der Waals surface area (Å²) in [6.45, 7) is -0.0433. The molecule has 0 aliphatic carbocycles. The van der Waals surface area contributed by atoms with Crippen LogP contribution in [0.25, 0.3) is 0 Å². The maximum Gasteiger partial charge on any atom is 0.416 e. The molecule has 3 nitrogen and oxygen atoms in total. The van der Waals surface area contributed by atoms with Crippen LogP contribution >= 0.6 is 12.2 Å². The Hall–Kier alpha value is -2.62. The van der Waals surface area contributed by atoms with Crippen LogP contribution < -0.4 is 4.90 Å². The molecule has 1 aliphatic rings. The summed E-state index contributed by atoms with van der Waals surface area (Å²) < 4.78 is 78.4. The maximum absolute atomic E-state index is 13.1. The van der Waals surface area contributed by atoms with Crippen LogP contribution in [0, 0.1) is 0 Å². The average molecular weight is 418 g/mol. The van der Waals surface area contributed by atoms with Crippen molar-refractivity contribution in [1.29, 1.82) is 0 Å². The number of hydrogen-bond donors (Lipinski definition) is 0. The predicted molar refractivity (Wildman–Crippen MR) is 93.4 cm³/mol. The van der Waals surface area contributed by atoms with Crippen molar-refractivity contribution in [3.63, 3.8) is 0 Å². The van der Waals surface area contributed by atoms with Crippen molar-refractivity contribution < 1.29 is 31.1 Å². The summed E-state index contributed by atoms with van der Waals surface area (Å²) in [5.74, 6) is -0.701. The van der Waals surface area contributed by atoms with Gasteiger partial charge in [-0.1, -0.05) is 30.3 Å². The van der Waals surface area contributed by atoms with E-state index in [1.54, 1.807) is 30.3 Å². The topological polar surface area (TPSA) is 23.6 Å². The highest BCUT2D eigenvalue weighted by molar-refractivity contribution is 7.80. The molecule has 0 N–H and O–H groups in total. The van der Waals surface area contributed by atoms with Crippen LogP contribution in [0.15, 0.2) is 48.5 Å². The summed E-state index contributed by atoms with van der Waals surface area (Å²) in [6.07, 6.45) is -10.0. The lowest BCUT2D eigenvalue weighted by atomic mass is 10.1. The molecule has 1 amide bonds. The Balaban J connectivity index is 1.98. The fourth-order valence-electron chi connectivity index (χ4n) is 2.80. The highest BCUT2D eigenvalue weighted by Crippen LogP contribution is 2.39. The zero-order valence-electron chi connectivity index (χ0n) is 14.0. The van der Waals surface area contributed by atoms with Crippen LogP contribution in [0.3, 0.4) is 0 Å². The number of nitrogens with zero attached hydrogens (tertiary/aromatic N) is 2. The molecular formula is C18H12F6N2OS. The first-order valence-electron chi connectivity index (χ1n) is 7.92. The monoisotopic (exact) mass is 418 g/mol. The van der Waals surface area contributed by atoms with Crippen molar-refractivity contribution in [2.75, 3.05) is 11.4 Å². The van der Waals surface area contributed by atoms with E-state index in [1.165, 1.54) is 4.90 Å². The van der Waals surface area contributed by atoms with E-state index >= 15 is 0 Å². The molecule has 0 spiro atoms. The number of anilines is 1. The van der Waals surface area contributed by atoms with Gasteiger partial charge in [-0.15, -0.1) is 0 Å². The summed E-state index contributed by atoms with van der Waals surface area (Å²) in [6, 6.07) is 9.83. The quantitative estimate of drug-likeness (QED) is 0.526. The molecule has 10 heteroatoms. The molecule has 28 heavy (non-hydrogen) atoms. The fraction of sp³-hybridized carbons (Fsp3) is 0.222. The van der Waals surface area contributed by atoms with Crippen LogP contribution in [0.1, 0.15) is 16.7 Å². The number of carbonyl (C=O) groups excluding carboxylic acids is 1. The Bertz CT molecular complexity index is 878. The van der Waals surface area contributed by atoms with Crippen molar-refractivity contribution in [2.45, 2.75) is 18.9 Å². The molecule has 0 aromatic heterocycles. The largest absolute Gasteiger partial charge is 0.416 e. The van der Waals surface area contributed by atoms with E-state index in [0.717, 1.165) is 5.56 Å². The first-order chi connectivity index (χ1) is 13.0. The Morgan fingerprint density at radius 3 is 1.93 bits per heavy atom. The molecule has 1 saturated heterocycles. The van der Waals surface area contributed by atoms with E-state index in [-0.39, 0.29) is 24.3 Å². The molecule has 0 saturated carbocycles. The van der Waals surface area contributed by atoms with Crippen molar-refractivity contribution in [3.05, 3.63) is 65.2 Å². The normalized spacial score (nSPS) is 15.5. The first kappa shape index (κ1) is 20.1. The second-order valence-corrected chi connectivity index (χ2v) is 6.48. The van der Waals surface area contributed by atoms with Gasteiger partial charge < -0.3 is 4.90 Å². The molecule has 148 valence electrons. The van der Waals surface area contributed by atoms with Crippen molar-refractivity contribution >= 4 is 28.9 Å². The number of hydrogen-bond acceptors (Lipinski definition) is 2. The number of carbonyl (C=O) groups is 1. The van der Waals surface area contributed by atoms with Gasteiger partial charge in [-0.25, -0.2) is 0 Å². The summed E-state index contributed by atoms with van der Waals surface area (Å²) in [7, 11) is 0. The van der Waals surface area contributed by atoms with Crippen molar-refractivity contribution in [3.8, 4) is 0 Å². The van der Waals surface area contributed by atoms with E-state index in [0.29, 0.717) is 17.0 Å². The predicted octanol–water partition coefficient (Wildman–Crippen LogP) is 4.86. The maximum atomic E-state index is 13.1. The molecular weight excluding hydrogens is 406 g/mol.